The Morgan fingerprint density at radius 2 is 1.40 bits per heavy atom. The number of benzene rings is 2. The summed E-state index contributed by atoms with van der Waals surface area (Å²) in [6.07, 6.45) is -0.201. The van der Waals surface area contributed by atoms with E-state index < -0.39 is 29.4 Å². The van der Waals surface area contributed by atoms with E-state index in [1.165, 1.54) is 18.7 Å². The van der Waals surface area contributed by atoms with E-state index in [1.54, 1.807) is 24.3 Å². The van der Waals surface area contributed by atoms with Crippen LogP contribution in [0, 0.1) is 13.8 Å². The van der Waals surface area contributed by atoms with Gasteiger partial charge in [-0.25, -0.2) is 9.59 Å². The van der Waals surface area contributed by atoms with Crippen molar-refractivity contribution in [1.82, 2.24) is 0 Å². The van der Waals surface area contributed by atoms with Gasteiger partial charge < -0.3 is 14.2 Å². The first-order valence-electron chi connectivity index (χ1n) is 9.66. The van der Waals surface area contributed by atoms with Crippen LogP contribution in [0.2, 0.25) is 0 Å². The van der Waals surface area contributed by atoms with Crippen molar-refractivity contribution in [3.63, 3.8) is 0 Å². The maximum absolute atomic E-state index is 12.5. The highest BCUT2D eigenvalue weighted by atomic mass is 32.2. The maximum Gasteiger partial charge on any atom is 0.338 e. The van der Waals surface area contributed by atoms with Gasteiger partial charge in [0.1, 0.15) is 12.7 Å². The molecule has 2 aromatic rings. The van der Waals surface area contributed by atoms with Crippen LogP contribution in [0.15, 0.2) is 48.5 Å². The molecular weight excluding hydrogens is 404 g/mol. The van der Waals surface area contributed by atoms with Crippen LogP contribution in [0.25, 0.3) is 0 Å². The second-order valence-electron chi connectivity index (χ2n) is 7.22. The van der Waals surface area contributed by atoms with Gasteiger partial charge in [-0.15, -0.1) is 11.8 Å². The second kappa shape index (κ2) is 9.80. The Balaban J connectivity index is 1.65. The van der Waals surface area contributed by atoms with E-state index in [4.69, 9.17) is 14.2 Å². The number of carbonyl (C=O) groups excluding carboxylic acids is 3. The fraction of sp³-hybridized carbons (Fsp3) is 0.348. The van der Waals surface area contributed by atoms with E-state index in [9.17, 15) is 14.4 Å². The molecular formula is C23H24O6S. The minimum Gasteiger partial charge on any atom is -0.461 e. The summed E-state index contributed by atoms with van der Waals surface area (Å²) in [5.74, 6) is -1.32. The first kappa shape index (κ1) is 21.9. The van der Waals surface area contributed by atoms with E-state index in [-0.39, 0.29) is 11.9 Å². The van der Waals surface area contributed by atoms with Gasteiger partial charge in [-0.2, -0.15) is 0 Å². The summed E-state index contributed by atoms with van der Waals surface area (Å²) in [5.41, 5.74) is 2.52. The van der Waals surface area contributed by atoms with Crippen LogP contribution in [0.3, 0.4) is 0 Å². The molecule has 0 saturated carbocycles. The van der Waals surface area contributed by atoms with Crippen LogP contribution in [0.4, 0.5) is 0 Å². The zero-order chi connectivity index (χ0) is 21.7. The highest BCUT2D eigenvalue weighted by Gasteiger charge is 2.40. The van der Waals surface area contributed by atoms with Gasteiger partial charge in [-0.05, 0) is 38.1 Å². The molecule has 1 saturated heterocycles. The first-order chi connectivity index (χ1) is 14.3. The number of hydrogen-bond donors (Lipinski definition) is 0. The second-order valence-corrected chi connectivity index (χ2v) is 8.63. The van der Waals surface area contributed by atoms with Crippen LogP contribution in [-0.2, 0) is 19.0 Å². The molecule has 1 heterocycles. The summed E-state index contributed by atoms with van der Waals surface area (Å²) >= 11 is 1.33. The summed E-state index contributed by atoms with van der Waals surface area (Å²) in [6.45, 7) is 5.25. The van der Waals surface area contributed by atoms with Gasteiger partial charge in [0.2, 0.25) is 0 Å². The Bertz CT molecular complexity index is 906. The normalized spacial score (nSPS) is 20.4. The molecule has 1 aliphatic heterocycles. The largest absolute Gasteiger partial charge is 0.461 e. The number of ether oxygens (including phenoxy) is 3. The van der Waals surface area contributed by atoms with Gasteiger partial charge in [0.05, 0.1) is 16.4 Å². The number of hydrogen-bond acceptors (Lipinski definition) is 7. The Labute approximate surface area is 179 Å². The zero-order valence-electron chi connectivity index (χ0n) is 17.1. The van der Waals surface area contributed by atoms with Gasteiger partial charge in [0.15, 0.2) is 5.44 Å². The summed E-state index contributed by atoms with van der Waals surface area (Å²) < 4.78 is 16.4. The Morgan fingerprint density at radius 1 is 0.867 bits per heavy atom. The molecule has 0 spiro atoms. The summed E-state index contributed by atoms with van der Waals surface area (Å²) in [4.78, 5) is 36.2. The van der Waals surface area contributed by atoms with E-state index in [2.05, 4.69) is 0 Å². The predicted octanol–water partition coefficient (Wildman–Crippen LogP) is 4.08. The standard InChI is InChI=1S/C23H24O6S/c1-14-4-8-17(9-5-14)22(25)27-13-20-19(12-21(30-20)28-16(3)24)29-23(26)18-10-6-15(2)7-11-18/h4-11,19-21H,12-13H2,1-3H3. The van der Waals surface area contributed by atoms with Crippen molar-refractivity contribution < 1.29 is 28.6 Å². The first-order valence-corrected chi connectivity index (χ1v) is 10.6. The highest BCUT2D eigenvalue weighted by molar-refractivity contribution is 8.00. The quantitative estimate of drug-likeness (QED) is 0.507. The molecule has 0 N–H and O–H groups in total. The van der Waals surface area contributed by atoms with E-state index >= 15 is 0 Å². The molecule has 3 unspecified atom stereocenters. The molecule has 1 aliphatic rings. The molecule has 158 valence electrons. The topological polar surface area (TPSA) is 78.9 Å². The lowest BCUT2D eigenvalue weighted by molar-refractivity contribution is -0.142. The smallest absolute Gasteiger partial charge is 0.338 e. The number of carbonyl (C=O) groups is 3. The molecule has 6 nitrogen and oxygen atoms in total. The minimum atomic E-state index is -0.543. The van der Waals surface area contributed by atoms with Crippen LogP contribution in [-0.4, -0.2) is 41.3 Å². The van der Waals surface area contributed by atoms with E-state index in [0.29, 0.717) is 17.5 Å². The Hall–Kier alpha value is -2.80. The number of aryl methyl sites for hydroxylation is 2. The van der Waals surface area contributed by atoms with Crippen molar-refractivity contribution in [2.45, 2.75) is 44.0 Å². The molecule has 3 atom stereocenters. The fourth-order valence-corrected chi connectivity index (χ4v) is 4.41. The van der Waals surface area contributed by atoms with Crippen LogP contribution in [0.1, 0.15) is 45.2 Å². The average molecular weight is 429 g/mol. The fourth-order valence-electron chi connectivity index (χ4n) is 3.04. The lowest BCUT2D eigenvalue weighted by atomic mass is 10.1. The summed E-state index contributed by atoms with van der Waals surface area (Å²) in [7, 11) is 0. The monoisotopic (exact) mass is 428 g/mol. The number of rotatable bonds is 6. The molecule has 0 aliphatic carbocycles. The van der Waals surface area contributed by atoms with Gasteiger partial charge in [-0.3, -0.25) is 4.79 Å². The molecule has 0 aromatic heterocycles. The third-order valence-corrected chi connectivity index (χ3v) is 6.06. The van der Waals surface area contributed by atoms with Gasteiger partial charge in [-0.1, -0.05) is 35.4 Å². The molecule has 3 rings (SSSR count). The minimum absolute atomic E-state index is 0.0426. The van der Waals surface area contributed by atoms with Crippen molar-refractivity contribution in [3.8, 4) is 0 Å². The zero-order valence-corrected chi connectivity index (χ0v) is 17.9. The maximum atomic E-state index is 12.5. The molecule has 0 bridgehead atoms. The van der Waals surface area contributed by atoms with Crippen molar-refractivity contribution in [3.05, 3.63) is 70.8 Å². The SMILES string of the molecule is CC(=O)OC1CC(OC(=O)c2ccc(C)cc2)C(COC(=O)c2ccc(C)cc2)S1. The van der Waals surface area contributed by atoms with E-state index in [1.807, 2.05) is 38.1 Å². The lowest BCUT2D eigenvalue weighted by Crippen LogP contribution is -2.29. The summed E-state index contributed by atoms with van der Waals surface area (Å²) in [5, 5.41) is -0.335. The molecule has 0 radical (unpaired) electrons. The third kappa shape index (κ3) is 5.86. The van der Waals surface area contributed by atoms with Crippen LogP contribution >= 0.6 is 11.8 Å². The highest BCUT2D eigenvalue weighted by Crippen LogP contribution is 2.37. The van der Waals surface area contributed by atoms with Crippen molar-refractivity contribution in [2.75, 3.05) is 6.61 Å². The number of esters is 3. The molecule has 1 fully saturated rings. The van der Waals surface area contributed by atoms with Crippen LogP contribution in [0.5, 0.6) is 0 Å². The lowest BCUT2D eigenvalue weighted by Gasteiger charge is -2.19. The van der Waals surface area contributed by atoms with Gasteiger partial charge >= 0.3 is 17.9 Å². The summed E-state index contributed by atoms with van der Waals surface area (Å²) in [6, 6.07) is 14.2. The van der Waals surface area contributed by atoms with Crippen LogP contribution < -0.4 is 0 Å². The van der Waals surface area contributed by atoms with Gasteiger partial charge in [0.25, 0.3) is 0 Å². The Morgan fingerprint density at radius 3 is 1.93 bits per heavy atom. The molecule has 0 amide bonds. The third-order valence-electron chi connectivity index (χ3n) is 4.68. The van der Waals surface area contributed by atoms with Crippen molar-refractivity contribution in [1.29, 1.82) is 0 Å². The predicted molar refractivity (Wildman–Crippen MR) is 113 cm³/mol. The average Bonchev–Trinajstić information content (AvgIpc) is 3.07. The molecule has 2 aromatic carbocycles. The van der Waals surface area contributed by atoms with Crippen molar-refractivity contribution in [2.24, 2.45) is 0 Å². The van der Waals surface area contributed by atoms with Gasteiger partial charge in [0, 0.05) is 13.3 Å². The number of thioether (sulfide) groups is 1. The molecule has 30 heavy (non-hydrogen) atoms. The van der Waals surface area contributed by atoms with Crippen molar-refractivity contribution >= 4 is 29.7 Å². The Kier molecular flexibility index (Phi) is 7.15. The van der Waals surface area contributed by atoms with E-state index in [0.717, 1.165) is 11.1 Å². The molecule has 7 heteroatoms.